The Kier molecular flexibility index (Phi) is 11.6. The minimum absolute atomic E-state index is 0.201. The average molecular weight is 660 g/mol. The fourth-order valence-electron chi connectivity index (χ4n) is 5.80. The largest absolute Gasteiger partial charge is 0.497 e. The van der Waals surface area contributed by atoms with Crippen LogP contribution in [0.25, 0.3) is 22.2 Å². The van der Waals surface area contributed by atoms with Crippen molar-refractivity contribution in [2.45, 2.75) is 39.7 Å². The fraction of sp³-hybridized carbons (Fsp3) is 0.417. The average Bonchev–Trinajstić information content (AvgIpc) is 3.09. The first-order valence-corrected chi connectivity index (χ1v) is 16.7. The summed E-state index contributed by atoms with van der Waals surface area (Å²) in [5, 5.41) is 7.91. The van der Waals surface area contributed by atoms with Crippen molar-refractivity contribution in [2.75, 3.05) is 70.7 Å². The van der Waals surface area contributed by atoms with Gasteiger partial charge in [0.25, 0.3) is 5.56 Å². The Bertz CT molecular complexity index is 1730. The summed E-state index contributed by atoms with van der Waals surface area (Å²) >= 11 is 6.76. The second kappa shape index (κ2) is 16.0. The summed E-state index contributed by atoms with van der Waals surface area (Å²) in [5.41, 5.74) is 4.65. The lowest BCUT2D eigenvalue weighted by atomic mass is 10.0. The Hall–Kier alpha value is -4.28. The number of aromatic nitrogens is 3. The summed E-state index contributed by atoms with van der Waals surface area (Å²) in [7, 11) is 3.11. The van der Waals surface area contributed by atoms with Gasteiger partial charge in [0.2, 0.25) is 5.95 Å². The molecule has 47 heavy (non-hydrogen) atoms. The second-order valence-electron chi connectivity index (χ2n) is 11.9. The number of anilines is 2. The molecule has 1 fully saturated rings. The zero-order valence-electron chi connectivity index (χ0n) is 27.9. The van der Waals surface area contributed by atoms with E-state index in [4.69, 9.17) is 26.1 Å². The van der Waals surface area contributed by atoms with Crippen LogP contribution in [-0.2, 0) is 13.0 Å². The molecule has 0 aliphatic carbocycles. The number of nitrogens with zero attached hydrogens (tertiary/aromatic N) is 5. The topological polar surface area (TPSA) is 96.8 Å². The molecule has 1 aliphatic heterocycles. The van der Waals surface area contributed by atoms with Crippen LogP contribution in [0, 0.1) is 0 Å². The maximum atomic E-state index is 14.3. The predicted molar refractivity (Wildman–Crippen MR) is 192 cm³/mol. The highest BCUT2D eigenvalue weighted by molar-refractivity contribution is 6.35. The van der Waals surface area contributed by atoms with E-state index in [0.717, 1.165) is 74.4 Å². The number of benzene rings is 2. The lowest BCUT2D eigenvalue weighted by Gasteiger charge is -2.36. The second-order valence-corrected chi connectivity index (χ2v) is 12.3. The first-order valence-electron chi connectivity index (χ1n) is 16.3. The smallest absolute Gasteiger partial charge is 0.260 e. The number of methoxy groups -OCH3 is 2. The number of hydrogen-bond acceptors (Lipinski definition) is 9. The van der Waals surface area contributed by atoms with Gasteiger partial charge in [0.1, 0.15) is 17.1 Å². The van der Waals surface area contributed by atoms with Crippen LogP contribution in [0.15, 0.2) is 65.7 Å². The van der Waals surface area contributed by atoms with E-state index >= 15 is 0 Å². The number of allylic oxidation sites excluding steroid dienone is 1. The van der Waals surface area contributed by atoms with Crippen LogP contribution in [0.5, 0.6) is 11.5 Å². The zero-order chi connectivity index (χ0) is 33.3. The molecular weight excluding hydrogens is 614 g/mol. The number of hydrogen-bond donors (Lipinski definition) is 2. The first-order chi connectivity index (χ1) is 22.8. The molecule has 10 nitrogen and oxygen atoms in total. The van der Waals surface area contributed by atoms with E-state index in [2.05, 4.69) is 70.1 Å². The van der Waals surface area contributed by atoms with Crippen molar-refractivity contribution in [3.63, 3.8) is 0 Å². The molecule has 0 unspecified atom stereocenters. The third-order valence-corrected chi connectivity index (χ3v) is 9.04. The lowest BCUT2D eigenvalue weighted by molar-refractivity contribution is 0.164. The van der Waals surface area contributed by atoms with Crippen LogP contribution >= 0.6 is 11.6 Å². The van der Waals surface area contributed by atoms with Gasteiger partial charge in [-0.1, -0.05) is 43.7 Å². The number of fused-ring (bicyclic) bond motifs is 1. The Labute approximate surface area is 282 Å². The highest BCUT2D eigenvalue weighted by atomic mass is 35.5. The number of ether oxygens (including phenoxy) is 2. The number of unbranched alkanes of at least 4 members (excludes halogenated alkanes) is 1. The van der Waals surface area contributed by atoms with Crippen molar-refractivity contribution in [1.29, 1.82) is 0 Å². The zero-order valence-corrected chi connectivity index (χ0v) is 28.7. The summed E-state index contributed by atoms with van der Waals surface area (Å²) in [6.07, 6.45) is 4.68. The maximum absolute atomic E-state index is 14.3. The molecule has 4 aromatic rings. The number of halogens is 1. The van der Waals surface area contributed by atoms with Gasteiger partial charge < -0.3 is 25.0 Å². The molecule has 0 saturated carbocycles. The number of aryl methyl sites for hydroxylation is 2. The van der Waals surface area contributed by atoms with E-state index in [1.54, 1.807) is 36.1 Å². The van der Waals surface area contributed by atoms with Gasteiger partial charge >= 0.3 is 0 Å². The molecule has 0 radical (unpaired) electrons. The van der Waals surface area contributed by atoms with Gasteiger partial charge in [-0.25, -0.2) is 4.98 Å². The number of rotatable bonds is 15. The van der Waals surface area contributed by atoms with Gasteiger partial charge in [-0.15, -0.1) is 0 Å². The van der Waals surface area contributed by atoms with Crippen LogP contribution < -0.4 is 25.7 Å². The summed E-state index contributed by atoms with van der Waals surface area (Å²) in [6, 6.07) is 13.7. The van der Waals surface area contributed by atoms with Gasteiger partial charge in [-0.05, 0) is 49.6 Å². The summed E-state index contributed by atoms with van der Waals surface area (Å²) in [5.74, 6) is 1.45. The molecule has 0 bridgehead atoms. The van der Waals surface area contributed by atoms with E-state index in [0.29, 0.717) is 58.8 Å². The monoisotopic (exact) mass is 659 g/mol. The molecule has 0 amide bonds. The molecule has 2 aromatic carbocycles. The summed E-state index contributed by atoms with van der Waals surface area (Å²) in [6.45, 7) is 15.2. The van der Waals surface area contributed by atoms with E-state index in [9.17, 15) is 4.79 Å². The van der Waals surface area contributed by atoms with Crippen LogP contribution in [0.2, 0.25) is 5.02 Å². The minimum atomic E-state index is -0.201. The third-order valence-electron chi connectivity index (χ3n) is 8.65. The maximum Gasteiger partial charge on any atom is 0.260 e. The van der Waals surface area contributed by atoms with Crippen molar-refractivity contribution in [1.82, 2.24) is 24.3 Å². The molecule has 0 atom stereocenters. The SMILES string of the molecule is C=C(C)N1CCN(CCNc2ncc3cc(-c4cc(OC)cc(OC)c4Cl)c(=O)n(CCc4ccc(NCCCC)cc4)c3n2)CC1. The molecule has 250 valence electrons. The van der Waals surface area contributed by atoms with Crippen LogP contribution in [0.3, 0.4) is 0 Å². The Balaban J connectivity index is 1.43. The fourth-order valence-corrected chi connectivity index (χ4v) is 6.09. The normalized spacial score (nSPS) is 13.5. The van der Waals surface area contributed by atoms with E-state index in [1.165, 1.54) is 7.11 Å². The van der Waals surface area contributed by atoms with Crippen LogP contribution in [0.1, 0.15) is 32.3 Å². The van der Waals surface area contributed by atoms with E-state index < -0.39 is 0 Å². The predicted octanol–water partition coefficient (Wildman–Crippen LogP) is 6.15. The molecule has 0 spiro atoms. The van der Waals surface area contributed by atoms with Gasteiger partial charge in [-0.2, -0.15) is 4.98 Å². The van der Waals surface area contributed by atoms with Crippen molar-refractivity contribution >= 4 is 34.3 Å². The standard InChI is InChI=1S/C36H46ClN7O3/c1-6-7-13-38-28-10-8-26(9-11-28)12-15-44-34-27(21-31(35(44)45)30-22-29(46-4)23-32(47-5)33(30)37)24-40-36(41-34)39-14-16-42-17-19-43(20-18-42)25(2)3/h8-11,21-24,38H,2,6-7,12-20H2,1,3-5H3,(H,39,40,41). The quantitative estimate of drug-likeness (QED) is 0.146. The number of pyridine rings is 1. The molecule has 1 aliphatic rings. The Morgan fingerprint density at radius 2 is 1.74 bits per heavy atom. The molecule has 1 saturated heterocycles. The number of piperazine rings is 1. The van der Waals surface area contributed by atoms with Gasteiger partial charge in [0.05, 0.1) is 19.2 Å². The summed E-state index contributed by atoms with van der Waals surface area (Å²) < 4.78 is 12.7. The first kappa shape index (κ1) is 34.1. The van der Waals surface area contributed by atoms with Crippen LogP contribution in [-0.4, -0.2) is 84.4 Å². The van der Waals surface area contributed by atoms with E-state index in [1.807, 2.05) is 0 Å². The Morgan fingerprint density at radius 1 is 0.979 bits per heavy atom. The third kappa shape index (κ3) is 8.36. The number of nitrogens with one attached hydrogen (secondary N) is 2. The van der Waals surface area contributed by atoms with Gasteiger partial charge in [0.15, 0.2) is 0 Å². The molecule has 5 rings (SSSR count). The van der Waals surface area contributed by atoms with E-state index in [-0.39, 0.29) is 5.56 Å². The van der Waals surface area contributed by atoms with Crippen molar-refractivity contribution in [3.8, 4) is 22.6 Å². The lowest BCUT2D eigenvalue weighted by Crippen LogP contribution is -2.46. The molecule has 11 heteroatoms. The summed E-state index contributed by atoms with van der Waals surface area (Å²) in [4.78, 5) is 28.5. The molecule has 2 N–H and O–H groups in total. The van der Waals surface area contributed by atoms with Crippen molar-refractivity contribution < 1.29 is 9.47 Å². The van der Waals surface area contributed by atoms with Crippen molar-refractivity contribution in [2.24, 2.45) is 0 Å². The molecule has 2 aromatic heterocycles. The Morgan fingerprint density at radius 3 is 2.43 bits per heavy atom. The van der Waals surface area contributed by atoms with Gasteiger partial charge in [0, 0.05) is 92.5 Å². The highest BCUT2D eigenvalue weighted by Crippen LogP contribution is 2.38. The highest BCUT2D eigenvalue weighted by Gasteiger charge is 2.20. The van der Waals surface area contributed by atoms with Crippen LogP contribution in [0.4, 0.5) is 11.6 Å². The molecule has 3 heterocycles. The van der Waals surface area contributed by atoms with Crippen molar-refractivity contribution in [3.05, 3.63) is 81.9 Å². The molecular formula is C36H46ClN7O3. The van der Waals surface area contributed by atoms with Gasteiger partial charge in [-0.3, -0.25) is 14.3 Å². The minimum Gasteiger partial charge on any atom is -0.497 e.